The van der Waals surface area contributed by atoms with E-state index in [1.807, 2.05) is 25.2 Å². The maximum Gasteiger partial charge on any atom is 0.241 e. The molecule has 1 heterocycles. The summed E-state index contributed by atoms with van der Waals surface area (Å²) in [5, 5.41) is 6.47. The lowest BCUT2D eigenvalue weighted by Crippen LogP contribution is -2.47. The van der Waals surface area contributed by atoms with Gasteiger partial charge >= 0.3 is 0 Å². The van der Waals surface area contributed by atoms with Gasteiger partial charge in [0.05, 0.1) is 6.54 Å². The average Bonchev–Trinajstić information content (AvgIpc) is 2.78. The third-order valence-electron chi connectivity index (χ3n) is 5.33. The molecule has 2 aromatic rings. The number of nitrogens with zero attached hydrogens (tertiary/aromatic N) is 3. The van der Waals surface area contributed by atoms with Crippen molar-refractivity contribution in [2.24, 2.45) is 4.99 Å². The molecule has 2 rings (SSSR count). The molecule has 6 nitrogen and oxygen atoms in total. The fraction of sp³-hybridized carbons (Fsp3) is 0.458. The zero-order chi connectivity index (χ0) is 22.0. The van der Waals surface area contributed by atoms with Gasteiger partial charge in [-0.05, 0) is 29.7 Å². The van der Waals surface area contributed by atoms with Crippen LogP contribution in [-0.4, -0.2) is 55.5 Å². The maximum atomic E-state index is 12.4. The molecule has 1 amide bonds. The highest BCUT2D eigenvalue weighted by Crippen LogP contribution is 2.22. The summed E-state index contributed by atoms with van der Waals surface area (Å²) in [5.74, 6) is 0.642. The van der Waals surface area contributed by atoms with Gasteiger partial charge in [-0.2, -0.15) is 0 Å². The van der Waals surface area contributed by atoms with Gasteiger partial charge in [-0.1, -0.05) is 51.1 Å². The molecule has 0 spiro atoms. The second kappa shape index (κ2) is 11.3. The Morgan fingerprint density at radius 2 is 1.87 bits per heavy atom. The van der Waals surface area contributed by atoms with Gasteiger partial charge in [0.25, 0.3) is 0 Å². The molecule has 0 saturated heterocycles. The number of carbonyl (C=O) groups excluding carboxylic acids is 1. The molecule has 162 valence electrons. The fourth-order valence-electron chi connectivity index (χ4n) is 3.07. The molecule has 0 atom stereocenters. The fourth-order valence-corrected chi connectivity index (χ4v) is 3.07. The average molecular weight is 410 g/mol. The molecular formula is C24H35N5O. The van der Waals surface area contributed by atoms with E-state index in [0.29, 0.717) is 19.0 Å². The summed E-state index contributed by atoms with van der Waals surface area (Å²) >= 11 is 0. The smallest absolute Gasteiger partial charge is 0.241 e. The largest absolute Gasteiger partial charge is 0.356 e. The third-order valence-corrected chi connectivity index (χ3v) is 5.33. The molecule has 6 heteroatoms. The molecule has 0 saturated carbocycles. The van der Waals surface area contributed by atoms with E-state index >= 15 is 0 Å². The van der Waals surface area contributed by atoms with Gasteiger partial charge < -0.3 is 15.5 Å². The van der Waals surface area contributed by atoms with Crippen molar-refractivity contribution in [3.05, 3.63) is 65.5 Å². The molecular weight excluding hydrogens is 374 g/mol. The van der Waals surface area contributed by atoms with Crippen molar-refractivity contribution >= 4 is 11.9 Å². The normalized spacial score (nSPS) is 11.8. The van der Waals surface area contributed by atoms with Crippen LogP contribution in [0.1, 0.15) is 37.6 Å². The summed E-state index contributed by atoms with van der Waals surface area (Å²) in [5.41, 5.74) is 3.53. The van der Waals surface area contributed by atoms with Crippen LogP contribution in [0.2, 0.25) is 0 Å². The number of likely N-dealkylation sites (N-methyl/N-ethyl adjacent to an activating group) is 1. The molecule has 1 aromatic heterocycles. The number of aliphatic imine (C=N–C) groups is 1. The van der Waals surface area contributed by atoms with Crippen LogP contribution in [0.25, 0.3) is 0 Å². The van der Waals surface area contributed by atoms with Crippen LogP contribution in [0.5, 0.6) is 0 Å². The third kappa shape index (κ3) is 7.17. The summed E-state index contributed by atoms with van der Waals surface area (Å²) < 4.78 is 0. The lowest BCUT2D eigenvalue weighted by molar-refractivity contribution is -0.128. The van der Waals surface area contributed by atoms with Gasteiger partial charge in [0, 0.05) is 50.9 Å². The number of hydrogen-bond donors (Lipinski definition) is 2. The molecule has 0 bridgehead atoms. The van der Waals surface area contributed by atoms with Crippen LogP contribution in [0, 0.1) is 0 Å². The van der Waals surface area contributed by atoms with E-state index < -0.39 is 0 Å². The minimum atomic E-state index is -0.0621. The van der Waals surface area contributed by atoms with Crippen molar-refractivity contribution in [3.8, 4) is 0 Å². The van der Waals surface area contributed by atoms with Gasteiger partial charge in [0.2, 0.25) is 5.91 Å². The van der Waals surface area contributed by atoms with Crippen LogP contribution < -0.4 is 10.6 Å². The Hall–Kier alpha value is -2.89. The van der Waals surface area contributed by atoms with Crippen LogP contribution in [0.3, 0.4) is 0 Å². The SMILES string of the molecule is CCc1ccc(C(C)(C)CNC(=NC)NCC(=O)N(C)CCc2ccccn2)cc1. The summed E-state index contributed by atoms with van der Waals surface area (Å²) in [7, 11) is 3.53. The molecule has 2 N–H and O–H groups in total. The molecule has 0 aliphatic carbocycles. The van der Waals surface area contributed by atoms with E-state index in [4.69, 9.17) is 0 Å². The second-order valence-electron chi connectivity index (χ2n) is 8.10. The Balaban J connectivity index is 1.79. The quantitative estimate of drug-likeness (QED) is 0.494. The van der Waals surface area contributed by atoms with Crippen molar-refractivity contribution in [2.45, 2.75) is 39.0 Å². The maximum absolute atomic E-state index is 12.4. The molecule has 1 aromatic carbocycles. The van der Waals surface area contributed by atoms with Crippen LogP contribution in [0.4, 0.5) is 0 Å². The lowest BCUT2D eigenvalue weighted by atomic mass is 9.84. The molecule has 30 heavy (non-hydrogen) atoms. The van der Waals surface area contributed by atoms with Gasteiger partial charge in [0.1, 0.15) is 0 Å². The van der Waals surface area contributed by atoms with E-state index in [0.717, 1.165) is 18.5 Å². The predicted molar refractivity (Wildman–Crippen MR) is 124 cm³/mol. The van der Waals surface area contributed by atoms with Crippen molar-refractivity contribution in [2.75, 3.05) is 33.7 Å². The van der Waals surface area contributed by atoms with Gasteiger partial charge in [-0.15, -0.1) is 0 Å². The first-order chi connectivity index (χ1) is 14.4. The van der Waals surface area contributed by atoms with E-state index in [1.54, 1.807) is 18.1 Å². The highest BCUT2D eigenvalue weighted by atomic mass is 16.2. The second-order valence-corrected chi connectivity index (χ2v) is 8.10. The summed E-state index contributed by atoms with van der Waals surface area (Å²) in [6, 6.07) is 14.6. The zero-order valence-corrected chi connectivity index (χ0v) is 18.9. The van der Waals surface area contributed by atoms with Crippen molar-refractivity contribution in [3.63, 3.8) is 0 Å². The minimum Gasteiger partial charge on any atom is -0.356 e. The predicted octanol–water partition coefficient (Wildman–Crippen LogP) is 2.79. The van der Waals surface area contributed by atoms with Gasteiger partial charge in [-0.3, -0.25) is 14.8 Å². The first-order valence-corrected chi connectivity index (χ1v) is 10.5. The lowest BCUT2D eigenvalue weighted by Gasteiger charge is -2.27. The van der Waals surface area contributed by atoms with Crippen molar-refractivity contribution in [1.82, 2.24) is 20.5 Å². The minimum absolute atomic E-state index is 0.0169. The Kier molecular flexibility index (Phi) is 8.84. The molecule has 0 fully saturated rings. The standard InChI is InChI=1S/C24H35N5O/c1-6-19-10-12-20(13-11-19)24(2,3)18-28-23(25-4)27-17-22(30)29(5)16-14-21-9-7-8-15-26-21/h7-13,15H,6,14,16-18H2,1-5H3,(H2,25,27,28). The Bertz CT molecular complexity index is 815. The van der Waals surface area contributed by atoms with Gasteiger partial charge in [0.15, 0.2) is 5.96 Å². The number of carbonyl (C=O) groups is 1. The first-order valence-electron chi connectivity index (χ1n) is 10.5. The number of aromatic nitrogens is 1. The van der Waals surface area contributed by atoms with Crippen LogP contribution in [0.15, 0.2) is 53.7 Å². The number of hydrogen-bond acceptors (Lipinski definition) is 3. The van der Waals surface area contributed by atoms with E-state index in [1.165, 1.54) is 11.1 Å². The van der Waals surface area contributed by atoms with Crippen LogP contribution >= 0.6 is 0 Å². The number of rotatable bonds is 9. The van der Waals surface area contributed by atoms with Gasteiger partial charge in [-0.25, -0.2) is 0 Å². The summed E-state index contributed by atoms with van der Waals surface area (Å²) in [6.07, 6.45) is 3.55. The first kappa shape index (κ1) is 23.4. The Morgan fingerprint density at radius 1 is 1.13 bits per heavy atom. The number of guanidine groups is 1. The molecule has 0 radical (unpaired) electrons. The molecule has 0 unspecified atom stereocenters. The van der Waals surface area contributed by atoms with E-state index in [2.05, 4.69) is 65.6 Å². The van der Waals surface area contributed by atoms with Crippen molar-refractivity contribution in [1.29, 1.82) is 0 Å². The number of amides is 1. The number of nitrogens with one attached hydrogen (secondary N) is 2. The monoisotopic (exact) mass is 409 g/mol. The molecule has 0 aliphatic rings. The van der Waals surface area contributed by atoms with Crippen molar-refractivity contribution < 1.29 is 4.79 Å². The van der Waals surface area contributed by atoms with E-state index in [9.17, 15) is 4.79 Å². The van der Waals surface area contributed by atoms with Crippen LogP contribution in [-0.2, 0) is 23.1 Å². The topological polar surface area (TPSA) is 69.6 Å². The zero-order valence-electron chi connectivity index (χ0n) is 18.9. The summed E-state index contributed by atoms with van der Waals surface area (Å²) in [4.78, 5) is 22.7. The highest BCUT2D eigenvalue weighted by Gasteiger charge is 2.21. The van der Waals surface area contributed by atoms with E-state index in [-0.39, 0.29) is 17.9 Å². The number of aryl methyl sites for hydroxylation is 1. The highest BCUT2D eigenvalue weighted by molar-refractivity contribution is 5.86. The number of benzene rings is 1. The molecule has 0 aliphatic heterocycles. The Morgan fingerprint density at radius 3 is 2.47 bits per heavy atom. The Labute approximate surface area is 180 Å². The summed E-state index contributed by atoms with van der Waals surface area (Å²) in [6.45, 7) is 8.10. The number of pyridine rings is 1.